The third-order valence-electron chi connectivity index (χ3n) is 4.00. The van der Waals surface area contributed by atoms with E-state index in [0.717, 1.165) is 6.42 Å². The molecule has 0 unspecified atom stereocenters. The molecule has 0 heterocycles. The van der Waals surface area contributed by atoms with Gasteiger partial charge in [0.05, 0.1) is 13.2 Å². The molecule has 30 heavy (non-hydrogen) atoms. The first-order chi connectivity index (χ1) is 14.4. The molecule has 2 aromatic rings. The summed E-state index contributed by atoms with van der Waals surface area (Å²) in [6.45, 7) is 7.26. The van der Waals surface area contributed by atoms with Crippen LogP contribution in [0.4, 0.5) is 0 Å². The highest BCUT2D eigenvalue weighted by Gasteiger charge is 2.10. The molecule has 0 aliphatic rings. The smallest absolute Gasteiger partial charge is 0.269 e. The van der Waals surface area contributed by atoms with Crippen molar-refractivity contribution in [2.24, 2.45) is 5.92 Å². The van der Waals surface area contributed by atoms with Gasteiger partial charge in [0.25, 0.3) is 11.8 Å². The molecule has 3 N–H and O–H groups in total. The number of nitrogens with one attached hydrogen (secondary N) is 3. The molecule has 2 aromatic carbocycles. The van der Waals surface area contributed by atoms with Crippen LogP contribution < -0.4 is 25.6 Å². The number of ether oxygens (including phenoxy) is 2. The van der Waals surface area contributed by atoms with Crippen molar-refractivity contribution in [2.45, 2.75) is 27.2 Å². The molecule has 0 fully saturated rings. The Morgan fingerprint density at radius 1 is 0.933 bits per heavy atom. The minimum absolute atomic E-state index is 0.0243. The van der Waals surface area contributed by atoms with Crippen LogP contribution in [0.25, 0.3) is 0 Å². The molecule has 8 heteroatoms. The summed E-state index contributed by atoms with van der Waals surface area (Å²) in [6, 6.07) is 13.5. The fourth-order valence-electron chi connectivity index (χ4n) is 2.40. The molecule has 0 saturated heterocycles. The topological polar surface area (TPSA) is 88.7 Å². The minimum atomic E-state index is -0.411. The summed E-state index contributed by atoms with van der Waals surface area (Å²) >= 11 is 5.06. The quantitative estimate of drug-likeness (QED) is 0.440. The Morgan fingerprint density at radius 3 is 2.33 bits per heavy atom. The van der Waals surface area contributed by atoms with Gasteiger partial charge in [0.15, 0.2) is 5.11 Å². The summed E-state index contributed by atoms with van der Waals surface area (Å²) in [5.41, 5.74) is 5.80. The molecular formula is C22H27N3O4S. The molecule has 0 saturated carbocycles. The van der Waals surface area contributed by atoms with Crippen molar-refractivity contribution in [3.05, 3.63) is 59.7 Å². The van der Waals surface area contributed by atoms with Crippen LogP contribution in [-0.4, -0.2) is 30.1 Å². The van der Waals surface area contributed by atoms with Gasteiger partial charge in [0, 0.05) is 11.1 Å². The van der Waals surface area contributed by atoms with Crippen molar-refractivity contribution in [1.82, 2.24) is 16.2 Å². The molecule has 0 aliphatic carbocycles. The van der Waals surface area contributed by atoms with E-state index in [0.29, 0.717) is 41.8 Å². The van der Waals surface area contributed by atoms with Gasteiger partial charge >= 0.3 is 0 Å². The lowest BCUT2D eigenvalue weighted by molar-refractivity contribution is 0.0934. The van der Waals surface area contributed by atoms with Crippen LogP contribution in [0.3, 0.4) is 0 Å². The van der Waals surface area contributed by atoms with Gasteiger partial charge in [0.2, 0.25) is 0 Å². The number of thiocarbonyl (C=S) groups is 1. The molecule has 2 amide bonds. The molecule has 7 nitrogen and oxygen atoms in total. The van der Waals surface area contributed by atoms with Gasteiger partial charge < -0.3 is 9.47 Å². The van der Waals surface area contributed by atoms with Crippen LogP contribution in [0.5, 0.6) is 11.5 Å². The summed E-state index contributed by atoms with van der Waals surface area (Å²) < 4.78 is 11.0. The average molecular weight is 430 g/mol. The predicted octanol–water partition coefficient (Wildman–Crippen LogP) is 3.46. The Bertz CT molecular complexity index is 869. The number of hydrogen-bond donors (Lipinski definition) is 3. The lowest BCUT2D eigenvalue weighted by Crippen LogP contribution is -2.48. The Balaban J connectivity index is 1.80. The lowest BCUT2D eigenvalue weighted by Gasteiger charge is -2.12. The number of benzene rings is 2. The second kappa shape index (κ2) is 11.8. The summed E-state index contributed by atoms with van der Waals surface area (Å²) in [6.07, 6.45) is 0.964. The molecular weight excluding hydrogens is 402 g/mol. The highest BCUT2D eigenvalue weighted by Crippen LogP contribution is 2.14. The zero-order chi connectivity index (χ0) is 21.9. The van der Waals surface area contributed by atoms with Gasteiger partial charge in [-0.2, -0.15) is 0 Å². The van der Waals surface area contributed by atoms with Crippen LogP contribution in [0, 0.1) is 5.92 Å². The molecule has 0 atom stereocenters. The number of amides is 2. The van der Waals surface area contributed by atoms with Crippen molar-refractivity contribution in [2.75, 3.05) is 13.2 Å². The summed E-state index contributed by atoms with van der Waals surface area (Å²) in [5.74, 6) is 1.06. The molecule has 0 spiro atoms. The van der Waals surface area contributed by atoms with E-state index in [1.54, 1.807) is 48.5 Å². The van der Waals surface area contributed by atoms with E-state index in [-0.39, 0.29) is 5.11 Å². The van der Waals surface area contributed by atoms with Gasteiger partial charge in [-0.15, -0.1) is 0 Å². The molecule has 160 valence electrons. The van der Waals surface area contributed by atoms with Gasteiger partial charge in [-0.3, -0.25) is 25.8 Å². The van der Waals surface area contributed by atoms with Crippen molar-refractivity contribution >= 4 is 29.1 Å². The Hall–Kier alpha value is -3.13. The van der Waals surface area contributed by atoms with E-state index >= 15 is 0 Å². The van der Waals surface area contributed by atoms with E-state index in [9.17, 15) is 9.59 Å². The van der Waals surface area contributed by atoms with Gasteiger partial charge in [-0.1, -0.05) is 19.9 Å². The highest BCUT2D eigenvalue weighted by molar-refractivity contribution is 7.80. The number of carbonyl (C=O) groups is 2. The Kier molecular flexibility index (Phi) is 9.08. The Labute approximate surface area is 182 Å². The van der Waals surface area contributed by atoms with Crippen LogP contribution in [0.15, 0.2) is 48.5 Å². The summed E-state index contributed by atoms with van der Waals surface area (Å²) in [4.78, 5) is 24.5. The minimum Gasteiger partial charge on any atom is -0.494 e. The van der Waals surface area contributed by atoms with E-state index < -0.39 is 11.8 Å². The first-order valence-electron chi connectivity index (χ1n) is 9.76. The van der Waals surface area contributed by atoms with Crippen LogP contribution in [-0.2, 0) is 0 Å². The first kappa shape index (κ1) is 23.2. The van der Waals surface area contributed by atoms with Gasteiger partial charge in [0.1, 0.15) is 11.5 Å². The Morgan fingerprint density at radius 2 is 1.67 bits per heavy atom. The maximum atomic E-state index is 12.3. The van der Waals surface area contributed by atoms with Crippen molar-refractivity contribution in [3.63, 3.8) is 0 Å². The van der Waals surface area contributed by atoms with Crippen LogP contribution >= 0.6 is 12.2 Å². The zero-order valence-corrected chi connectivity index (χ0v) is 18.2. The number of rotatable bonds is 8. The maximum absolute atomic E-state index is 12.3. The van der Waals surface area contributed by atoms with Gasteiger partial charge in [-0.05, 0) is 73.9 Å². The summed E-state index contributed by atoms with van der Waals surface area (Å²) in [5, 5.41) is 2.48. The number of hydrogen-bond acceptors (Lipinski definition) is 5. The van der Waals surface area contributed by atoms with Crippen LogP contribution in [0.1, 0.15) is 47.9 Å². The molecule has 2 rings (SSSR count). The zero-order valence-electron chi connectivity index (χ0n) is 17.4. The van der Waals surface area contributed by atoms with Crippen molar-refractivity contribution < 1.29 is 19.1 Å². The third kappa shape index (κ3) is 7.71. The van der Waals surface area contributed by atoms with Crippen molar-refractivity contribution in [3.8, 4) is 11.5 Å². The monoisotopic (exact) mass is 429 g/mol. The standard InChI is InChI=1S/C22H27N3O4S/c1-4-28-19-7-5-6-17(14-19)20(26)23-22(30)25-24-21(27)16-8-10-18(11-9-16)29-13-12-15(2)3/h5-11,14-15H,4,12-13H2,1-3H3,(H,24,27)(H2,23,25,26,30). The SMILES string of the molecule is CCOc1cccc(C(=O)NC(=S)NNC(=O)c2ccc(OCCC(C)C)cc2)c1. The normalized spacial score (nSPS) is 10.3. The molecule has 0 bridgehead atoms. The lowest BCUT2D eigenvalue weighted by atomic mass is 10.1. The van der Waals surface area contributed by atoms with Crippen LogP contribution in [0.2, 0.25) is 0 Å². The molecule has 0 aliphatic heterocycles. The maximum Gasteiger partial charge on any atom is 0.269 e. The third-order valence-corrected chi connectivity index (χ3v) is 4.21. The highest BCUT2D eigenvalue weighted by atomic mass is 32.1. The van der Waals surface area contributed by atoms with E-state index in [1.807, 2.05) is 6.92 Å². The molecule has 0 aromatic heterocycles. The van der Waals surface area contributed by atoms with E-state index in [2.05, 4.69) is 30.0 Å². The largest absolute Gasteiger partial charge is 0.494 e. The summed E-state index contributed by atoms with van der Waals surface area (Å²) in [7, 11) is 0. The number of hydrazine groups is 1. The van der Waals surface area contributed by atoms with Gasteiger partial charge in [-0.25, -0.2) is 0 Å². The second-order valence-electron chi connectivity index (χ2n) is 6.88. The molecule has 0 radical (unpaired) electrons. The fraction of sp³-hybridized carbons (Fsp3) is 0.318. The van der Waals surface area contributed by atoms with Crippen molar-refractivity contribution in [1.29, 1.82) is 0 Å². The first-order valence-corrected chi connectivity index (χ1v) is 10.2. The number of carbonyl (C=O) groups excluding carboxylic acids is 2. The fourth-order valence-corrected chi connectivity index (χ4v) is 2.54. The average Bonchev–Trinajstić information content (AvgIpc) is 2.72. The van der Waals surface area contributed by atoms with E-state index in [1.165, 1.54) is 0 Å². The predicted molar refractivity (Wildman–Crippen MR) is 120 cm³/mol. The van der Waals surface area contributed by atoms with E-state index in [4.69, 9.17) is 21.7 Å². The second-order valence-corrected chi connectivity index (χ2v) is 7.29.